The molecule has 142 valence electrons. The summed E-state index contributed by atoms with van der Waals surface area (Å²) < 4.78 is 0. The van der Waals surface area contributed by atoms with Crippen molar-refractivity contribution in [3.8, 4) is 16.3 Å². The van der Waals surface area contributed by atoms with Crippen LogP contribution in [-0.2, 0) is 0 Å². The predicted molar refractivity (Wildman–Crippen MR) is 107 cm³/mol. The van der Waals surface area contributed by atoms with E-state index in [0.717, 1.165) is 10.6 Å². The summed E-state index contributed by atoms with van der Waals surface area (Å²) in [6, 6.07) is 16.3. The van der Waals surface area contributed by atoms with Crippen molar-refractivity contribution in [3.63, 3.8) is 0 Å². The molecule has 7 heteroatoms. The van der Waals surface area contributed by atoms with Gasteiger partial charge in [-0.05, 0) is 12.1 Å². The van der Waals surface area contributed by atoms with Crippen LogP contribution < -0.4 is 0 Å². The number of piperazine rings is 1. The minimum absolute atomic E-state index is 0.0260. The van der Waals surface area contributed by atoms with E-state index in [0.29, 0.717) is 31.9 Å². The molecule has 28 heavy (non-hydrogen) atoms. The number of phenolic OH excluding ortho intramolecular Hbond substituents is 1. The third kappa shape index (κ3) is 3.61. The Hall–Kier alpha value is -3.19. The summed E-state index contributed by atoms with van der Waals surface area (Å²) in [7, 11) is 0. The average Bonchev–Trinajstić information content (AvgIpc) is 3.24. The van der Waals surface area contributed by atoms with Gasteiger partial charge in [-0.2, -0.15) is 0 Å². The SMILES string of the molecule is O=C(c1csc(-c2ccccc2)n1)N1CCN(C(=O)c2ccccc2O)CC1. The third-order valence-corrected chi connectivity index (χ3v) is 5.62. The van der Waals surface area contributed by atoms with Crippen molar-refractivity contribution >= 4 is 23.2 Å². The van der Waals surface area contributed by atoms with Crippen molar-refractivity contribution in [2.24, 2.45) is 0 Å². The lowest BCUT2D eigenvalue weighted by atomic mass is 10.1. The fourth-order valence-corrected chi connectivity index (χ4v) is 3.98. The minimum atomic E-state index is -0.217. The number of carbonyl (C=O) groups is 2. The summed E-state index contributed by atoms with van der Waals surface area (Å²) in [4.78, 5) is 33.2. The molecule has 6 nitrogen and oxygen atoms in total. The molecule has 4 rings (SSSR count). The number of aromatic hydroxyl groups is 1. The van der Waals surface area contributed by atoms with E-state index in [4.69, 9.17) is 0 Å². The maximum atomic E-state index is 12.8. The molecule has 0 saturated carbocycles. The highest BCUT2D eigenvalue weighted by Crippen LogP contribution is 2.24. The highest BCUT2D eigenvalue weighted by atomic mass is 32.1. The van der Waals surface area contributed by atoms with E-state index in [1.807, 2.05) is 30.3 Å². The van der Waals surface area contributed by atoms with Crippen molar-refractivity contribution in [1.82, 2.24) is 14.8 Å². The maximum Gasteiger partial charge on any atom is 0.273 e. The Kier molecular flexibility index (Phi) is 5.08. The zero-order chi connectivity index (χ0) is 19.5. The molecule has 1 aliphatic rings. The Balaban J connectivity index is 1.40. The summed E-state index contributed by atoms with van der Waals surface area (Å²) in [5, 5.41) is 12.5. The van der Waals surface area contributed by atoms with Crippen molar-refractivity contribution in [1.29, 1.82) is 0 Å². The van der Waals surface area contributed by atoms with Crippen LogP contribution in [0.2, 0.25) is 0 Å². The topological polar surface area (TPSA) is 73.7 Å². The molecule has 3 aromatic rings. The van der Waals surface area contributed by atoms with Crippen LogP contribution in [0.5, 0.6) is 5.75 Å². The van der Waals surface area contributed by atoms with E-state index in [2.05, 4.69) is 4.98 Å². The second kappa shape index (κ2) is 7.82. The first kappa shape index (κ1) is 18.2. The zero-order valence-corrected chi connectivity index (χ0v) is 15.9. The molecule has 1 aliphatic heterocycles. The van der Waals surface area contributed by atoms with Gasteiger partial charge in [0.05, 0.1) is 5.56 Å². The van der Waals surface area contributed by atoms with E-state index >= 15 is 0 Å². The first-order valence-electron chi connectivity index (χ1n) is 9.01. The Labute approximate surface area is 166 Å². The number of hydrogen-bond donors (Lipinski definition) is 1. The van der Waals surface area contributed by atoms with E-state index in [1.54, 1.807) is 33.4 Å². The number of amides is 2. The van der Waals surface area contributed by atoms with Gasteiger partial charge >= 0.3 is 0 Å². The van der Waals surface area contributed by atoms with Crippen LogP contribution in [0, 0.1) is 0 Å². The Morgan fingerprint density at radius 3 is 2.14 bits per heavy atom. The van der Waals surface area contributed by atoms with Gasteiger partial charge in [-0.25, -0.2) is 4.98 Å². The summed E-state index contributed by atoms with van der Waals surface area (Å²) in [6.07, 6.45) is 0. The lowest BCUT2D eigenvalue weighted by Gasteiger charge is -2.34. The monoisotopic (exact) mass is 393 g/mol. The fraction of sp³-hybridized carbons (Fsp3) is 0.190. The Morgan fingerprint density at radius 2 is 1.46 bits per heavy atom. The second-order valence-electron chi connectivity index (χ2n) is 6.51. The van der Waals surface area contributed by atoms with Crippen LogP contribution in [0.3, 0.4) is 0 Å². The number of hydrogen-bond acceptors (Lipinski definition) is 5. The van der Waals surface area contributed by atoms with Crippen molar-refractivity contribution < 1.29 is 14.7 Å². The molecule has 1 N–H and O–H groups in total. The zero-order valence-electron chi connectivity index (χ0n) is 15.1. The van der Waals surface area contributed by atoms with Crippen LogP contribution in [0.25, 0.3) is 10.6 Å². The van der Waals surface area contributed by atoms with Gasteiger partial charge in [0.25, 0.3) is 11.8 Å². The van der Waals surface area contributed by atoms with Crippen molar-refractivity contribution in [3.05, 3.63) is 71.2 Å². The van der Waals surface area contributed by atoms with Gasteiger partial charge in [-0.3, -0.25) is 9.59 Å². The van der Waals surface area contributed by atoms with Gasteiger partial charge in [0.15, 0.2) is 0 Å². The number of phenols is 1. The Morgan fingerprint density at radius 1 is 0.857 bits per heavy atom. The smallest absolute Gasteiger partial charge is 0.273 e. The van der Waals surface area contributed by atoms with Gasteiger partial charge in [0.1, 0.15) is 16.5 Å². The molecule has 0 bridgehead atoms. The predicted octanol–water partition coefficient (Wildman–Crippen LogP) is 3.11. The summed E-state index contributed by atoms with van der Waals surface area (Å²) >= 11 is 1.45. The molecule has 1 fully saturated rings. The number of thiazole rings is 1. The molecule has 2 heterocycles. The average molecular weight is 393 g/mol. The highest BCUT2D eigenvalue weighted by molar-refractivity contribution is 7.13. The lowest BCUT2D eigenvalue weighted by Crippen LogP contribution is -2.50. The Bertz CT molecular complexity index is 995. The van der Waals surface area contributed by atoms with E-state index in [9.17, 15) is 14.7 Å². The molecule has 0 atom stereocenters. The van der Waals surface area contributed by atoms with E-state index in [-0.39, 0.29) is 23.1 Å². The molecular formula is C21H19N3O3S. The fourth-order valence-electron chi connectivity index (χ4n) is 3.18. The molecule has 2 amide bonds. The van der Waals surface area contributed by atoms with Gasteiger partial charge < -0.3 is 14.9 Å². The highest BCUT2D eigenvalue weighted by Gasteiger charge is 2.27. The van der Waals surface area contributed by atoms with Crippen LogP contribution in [0.4, 0.5) is 0 Å². The molecule has 0 unspecified atom stereocenters. The van der Waals surface area contributed by atoms with Gasteiger partial charge in [0, 0.05) is 37.1 Å². The molecule has 0 radical (unpaired) electrons. The quantitative estimate of drug-likeness (QED) is 0.742. The maximum absolute atomic E-state index is 12.8. The molecule has 1 aromatic heterocycles. The number of benzene rings is 2. The third-order valence-electron chi connectivity index (χ3n) is 4.73. The number of nitrogens with zero attached hydrogens (tertiary/aromatic N) is 3. The van der Waals surface area contributed by atoms with Crippen molar-refractivity contribution in [2.45, 2.75) is 0 Å². The van der Waals surface area contributed by atoms with Gasteiger partial charge in [0.2, 0.25) is 0 Å². The van der Waals surface area contributed by atoms with Crippen LogP contribution >= 0.6 is 11.3 Å². The minimum Gasteiger partial charge on any atom is -0.507 e. The largest absolute Gasteiger partial charge is 0.507 e. The summed E-state index contributed by atoms with van der Waals surface area (Å²) in [5.41, 5.74) is 1.71. The van der Waals surface area contributed by atoms with Crippen LogP contribution in [-0.4, -0.2) is 57.9 Å². The van der Waals surface area contributed by atoms with Crippen LogP contribution in [0.1, 0.15) is 20.8 Å². The number of rotatable bonds is 3. The van der Waals surface area contributed by atoms with E-state index in [1.165, 1.54) is 17.4 Å². The van der Waals surface area contributed by atoms with Gasteiger partial charge in [-0.15, -0.1) is 11.3 Å². The molecule has 0 spiro atoms. The molecule has 0 aliphatic carbocycles. The second-order valence-corrected chi connectivity index (χ2v) is 7.36. The first-order chi connectivity index (χ1) is 13.6. The number of aromatic nitrogens is 1. The number of para-hydroxylation sites is 1. The number of carbonyl (C=O) groups excluding carboxylic acids is 2. The first-order valence-corrected chi connectivity index (χ1v) is 9.89. The molecule has 1 saturated heterocycles. The standard InChI is InChI=1S/C21H19N3O3S/c25-18-9-5-4-8-16(18)20(26)23-10-12-24(13-11-23)21(27)17-14-28-19(22-17)15-6-2-1-3-7-15/h1-9,14,25H,10-13H2. The summed E-state index contributed by atoms with van der Waals surface area (Å²) in [6.45, 7) is 1.73. The molecular weight excluding hydrogens is 374 g/mol. The normalized spacial score (nSPS) is 14.1. The summed E-state index contributed by atoms with van der Waals surface area (Å²) in [5.74, 6) is -0.361. The van der Waals surface area contributed by atoms with Crippen molar-refractivity contribution in [2.75, 3.05) is 26.2 Å². The van der Waals surface area contributed by atoms with Crippen LogP contribution in [0.15, 0.2) is 60.0 Å². The lowest BCUT2D eigenvalue weighted by molar-refractivity contribution is 0.0531. The van der Waals surface area contributed by atoms with Gasteiger partial charge in [-0.1, -0.05) is 42.5 Å². The molecule has 2 aromatic carbocycles. The van der Waals surface area contributed by atoms with E-state index < -0.39 is 0 Å².